The van der Waals surface area contributed by atoms with Crippen LogP contribution in [0.3, 0.4) is 0 Å². The van der Waals surface area contributed by atoms with E-state index < -0.39 is 0 Å². The number of benzene rings is 1. The molecule has 2 N–H and O–H groups in total. The molecule has 0 aliphatic heterocycles. The summed E-state index contributed by atoms with van der Waals surface area (Å²) in [6, 6.07) is 4.80. The summed E-state index contributed by atoms with van der Waals surface area (Å²) in [5.41, 5.74) is 6.14. The quantitative estimate of drug-likeness (QED) is 0.775. The first-order chi connectivity index (χ1) is 6.27. The molecule has 1 aromatic carbocycles. The van der Waals surface area contributed by atoms with Crippen LogP contribution >= 0.6 is 0 Å². The molecule has 0 atom stereocenters. The maximum absolute atomic E-state index is 13.2. The van der Waals surface area contributed by atoms with Gasteiger partial charge in [0.05, 0.1) is 6.61 Å². The largest absolute Gasteiger partial charge is 0.491 e. The van der Waals surface area contributed by atoms with E-state index in [1.807, 2.05) is 6.92 Å². The van der Waals surface area contributed by atoms with Crippen LogP contribution in [0.4, 0.5) is 4.39 Å². The Kier molecular flexibility index (Phi) is 3.71. The standard InChI is InChI=1S/C10H14FNO/c1-2-5-13-10-4-3-8(7-12)6-9(10)11/h3-4,6H,2,5,7,12H2,1H3. The molecule has 0 amide bonds. The Bertz CT molecular complexity index is 276. The van der Waals surface area contributed by atoms with Crippen LogP contribution < -0.4 is 10.5 Å². The van der Waals surface area contributed by atoms with Crippen LogP contribution in [0.15, 0.2) is 18.2 Å². The fraction of sp³-hybridized carbons (Fsp3) is 0.400. The minimum atomic E-state index is -0.337. The molecule has 72 valence electrons. The van der Waals surface area contributed by atoms with Crippen molar-refractivity contribution < 1.29 is 9.13 Å². The van der Waals surface area contributed by atoms with Crippen LogP contribution in [0.1, 0.15) is 18.9 Å². The average molecular weight is 183 g/mol. The lowest BCUT2D eigenvalue weighted by molar-refractivity contribution is 0.301. The lowest BCUT2D eigenvalue weighted by Gasteiger charge is -2.06. The summed E-state index contributed by atoms with van der Waals surface area (Å²) in [5.74, 6) is -0.0320. The van der Waals surface area contributed by atoms with Gasteiger partial charge in [0.15, 0.2) is 11.6 Å². The molecule has 0 radical (unpaired) electrons. The van der Waals surface area contributed by atoms with E-state index in [-0.39, 0.29) is 5.82 Å². The predicted octanol–water partition coefficient (Wildman–Crippen LogP) is 2.07. The Morgan fingerprint density at radius 2 is 2.23 bits per heavy atom. The molecule has 0 unspecified atom stereocenters. The highest BCUT2D eigenvalue weighted by molar-refractivity contribution is 5.29. The highest BCUT2D eigenvalue weighted by Crippen LogP contribution is 2.18. The van der Waals surface area contributed by atoms with Gasteiger partial charge < -0.3 is 10.5 Å². The van der Waals surface area contributed by atoms with E-state index in [1.54, 1.807) is 12.1 Å². The van der Waals surface area contributed by atoms with Crippen molar-refractivity contribution in [3.05, 3.63) is 29.6 Å². The second-order valence-electron chi connectivity index (χ2n) is 2.82. The molecule has 0 heterocycles. The highest BCUT2D eigenvalue weighted by Gasteiger charge is 2.02. The summed E-state index contributed by atoms with van der Waals surface area (Å²) in [7, 11) is 0. The minimum Gasteiger partial charge on any atom is -0.491 e. The van der Waals surface area contributed by atoms with Gasteiger partial charge in [-0.05, 0) is 24.1 Å². The van der Waals surface area contributed by atoms with Crippen molar-refractivity contribution in [2.24, 2.45) is 5.73 Å². The minimum absolute atomic E-state index is 0.305. The maximum Gasteiger partial charge on any atom is 0.165 e. The molecule has 0 saturated carbocycles. The lowest BCUT2D eigenvalue weighted by atomic mass is 10.2. The Labute approximate surface area is 77.5 Å². The molecule has 2 nitrogen and oxygen atoms in total. The molecular weight excluding hydrogens is 169 g/mol. The molecule has 0 aromatic heterocycles. The lowest BCUT2D eigenvalue weighted by Crippen LogP contribution is -2.00. The SMILES string of the molecule is CCCOc1ccc(CN)cc1F. The van der Waals surface area contributed by atoms with Gasteiger partial charge in [-0.3, -0.25) is 0 Å². The molecule has 13 heavy (non-hydrogen) atoms. The molecule has 0 spiro atoms. The number of hydrogen-bond donors (Lipinski definition) is 1. The zero-order valence-electron chi connectivity index (χ0n) is 7.72. The summed E-state index contributed by atoms with van der Waals surface area (Å²) >= 11 is 0. The van der Waals surface area contributed by atoms with Gasteiger partial charge in [-0.1, -0.05) is 13.0 Å². The monoisotopic (exact) mass is 183 g/mol. The molecule has 0 aliphatic carbocycles. The van der Waals surface area contributed by atoms with Gasteiger partial charge in [-0.25, -0.2) is 4.39 Å². The van der Waals surface area contributed by atoms with Crippen LogP contribution in [-0.4, -0.2) is 6.61 Å². The zero-order valence-corrected chi connectivity index (χ0v) is 7.72. The summed E-state index contributed by atoms with van der Waals surface area (Å²) < 4.78 is 18.3. The smallest absolute Gasteiger partial charge is 0.165 e. The van der Waals surface area contributed by atoms with Gasteiger partial charge in [-0.15, -0.1) is 0 Å². The summed E-state index contributed by atoms with van der Waals surface area (Å²) in [6.45, 7) is 2.87. The third-order valence-corrected chi connectivity index (χ3v) is 1.69. The van der Waals surface area contributed by atoms with Crippen molar-refractivity contribution in [1.29, 1.82) is 0 Å². The third kappa shape index (κ3) is 2.70. The van der Waals surface area contributed by atoms with Crippen LogP contribution in [-0.2, 0) is 6.54 Å². The fourth-order valence-electron chi connectivity index (χ4n) is 1.00. The Balaban J connectivity index is 2.73. The van der Waals surface area contributed by atoms with Gasteiger partial charge in [0, 0.05) is 6.54 Å². The van der Waals surface area contributed by atoms with Gasteiger partial charge in [0.1, 0.15) is 0 Å². The molecule has 0 saturated heterocycles. The Morgan fingerprint density at radius 3 is 2.77 bits per heavy atom. The van der Waals surface area contributed by atoms with Crippen LogP contribution in [0, 0.1) is 5.82 Å². The van der Waals surface area contributed by atoms with Gasteiger partial charge >= 0.3 is 0 Å². The zero-order chi connectivity index (χ0) is 9.68. The number of ether oxygens (including phenoxy) is 1. The van der Waals surface area contributed by atoms with Crippen molar-refractivity contribution in [3.8, 4) is 5.75 Å². The van der Waals surface area contributed by atoms with E-state index in [0.717, 1.165) is 12.0 Å². The molecule has 1 aromatic rings. The van der Waals surface area contributed by atoms with Crippen molar-refractivity contribution >= 4 is 0 Å². The van der Waals surface area contributed by atoms with Crippen LogP contribution in [0.5, 0.6) is 5.75 Å². The van der Waals surface area contributed by atoms with Gasteiger partial charge in [0.2, 0.25) is 0 Å². The second-order valence-corrected chi connectivity index (χ2v) is 2.82. The summed E-state index contributed by atoms with van der Waals surface area (Å²) in [5, 5.41) is 0. The first-order valence-electron chi connectivity index (χ1n) is 4.39. The van der Waals surface area contributed by atoms with E-state index in [9.17, 15) is 4.39 Å². The van der Waals surface area contributed by atoms with Crippen LogP contribution in [0.2, 0.25) is 0 Å². The molecule has 0 fully saturated rings. The van der Waals surface area contributed by atoms with Crippen molar-refractivity contribution in [1.82, 2.24) is 0 Å². The average Bonchev–Trinajstić information content (AvgIpc) is 2.16. The molecule has 1 rings (SSSR count). The number of hydrogen-bond acceptors (Lipinski definition) is 2. The Hall–Kier alpha value is -1.09. The molecule has 0 bridgehead atoms. The summed E-state index contributed by atoms with van der Waals surface area (Å²) in [4.78, 5) is 0. The molecule has 3 heteroatoms. The van der Waals surface area contributed by atoms with Crippen molar-refractivity contribution in [3.63, 3.8) is 0 Å². The van der Waals surface area contributed by atoms with E-state index >= 15 is 0 Å². The van der Waals surface area contributed by atoms with Crippen molar-refractivity contribution in [2.75, 3.05) is 6.61 Å². The number of halogens is 1. The van der Waals surface area contributed by atoms with E-state index in [2.05, 4.69) is 0 Å². The van der Waals surface area contributed by atoms with E-state index in [0.29, 0.717) is 18.9 Å². The fourth-order valence-corrected chi connectivity index (χ4v) is 1.00. The third-order valence-electron chi connectivity index (χ3n) is 1.69. The predicted molar refractivity (Wildman–Crippen MR) is 50.1 cm³/mol. The van der Waals surface area contributed by atoms with E-state index in [4.69, 9.17) is 10.5 Å². The topological polar surface area (TPSA) is 35.2 Å². The summed E-state index contributed by atoms with van der Waals surface area (Å²) in [6.07, 6.45) is 0.873. The maximum atomic E-state index is 13.2. The number of rotatable bonds is 4. The second kappa shape index (κ2) is 4.82. The first-order valence-corrected chi connectivity index (χ1v) is 4.39. The highest BCUT2D eigenvalue weighted by atomic mass is 19.1. The van der Waals surface area contributed by atoms with E-state index in [1.165, 1.54) is 6.07 Å². The molecular formula is C10H14FNO. The van der Waals surface area contributed by atoms with Gasteiger partial charge in [0.25, 0.3) is 0 Å². The Morgan fingerprint density at radius 1 is 1.46 bits per heavy atom. The molecule has 0 aliphatic rings. The normalized spacial score (nSPS) is 10.1. The van der Waals surface area contributed by atoms with Crippen LogP contribution in [0.25, 0.3) is 0 Å². The first kappa shape index (κ1) is 9.99. The van der Waals surface area contributed by atoms with Gasteiger partial charge in [-0.2, -0.15) is 0 Å². The number of nitrogens with two attached hydrogens (primary N) is 1. The van der Waals surface area contributed by atoms with Crippen molar-refractivity contribution in [2.45, 2.75) is 19.9 Å².